The first kappa shape index (κ1) is 12.8. The lowest BCUT2D eigenvalue weighted by atomic mass is 10.2. The highest BCUT2D eigenvalue weighted by Gasteiger charge is 2.31. The van der Waals surface area contributed by atoms with Crippen molar-refractivity contribution >= 4 is 5.91 Å². The maximum absolute atomic E-state index is 12.0. The van der Waals surface area contributed by atoms with E-state index in [1.807, 2.05) is 4.90 Å². The lowest BCUT2D eigenvalue weighted by Crippen LogP contribution is -2.42. The van der Waals surface area contributed by atoms with Crippen molar-refractivity contribution in [2.45, 2.75) is 57.2 Å². The molecular weight excluding hydrogens is 216 g/mol. The Morgan fingerprint density at radius 1 is 1.35 bits per heavy atom. The van der Waals surface area contributed by atoms with Crippen LogP contribution in [0.1, 0.15) is 39.0 Å². The number of hydrogen-bond donors (Lipinski definition) is 1. The van der Waals surface area contributed by atoms with E-state index in [0.29, 0.717) is 24.7 Å². The zero-order valence-electron chi connectivity index (χ0n) is 10.9. The number of likely N-dealkylation sites (N-methyl/N-ethyl adjacent to an activating group) is 1. The number of rotatable bonds is 6. The molecule has 17 heavy (non-hydrogen) atoms. The molecule has 4 heteroatoms. The van der Waals surface area contributed by atoms with Gasteiger partial charge < -0.3 is 15.0 Å². The molecule has 0 aromatic rings. The van der Waals surface area contributed by atoms with Gasteiger partial charge in [-0.3, -0.25) is 4.79 Å². The second-order valence-electron chi connectivity index (χ2n) is 5.16. The van der Waals surface area contributed by atoms with Gasteiger partial charge in [-0.15, -0.1) is 0 Å². The molecule has 2 fully saturated rings. The monoisotopic (exact) mass is 240 g/mol. The first-order valence-electron chi connectivity index (χ1n) is 6.80. The first-order chi connectivity index (χ1) is 8.24. The summed E-state index contributed by atoms with van der Waals surface area (Å²) in [5.41, 5.74) is 0. The maximum Gasteiger partial charge on any atom is 0.236 e. The number of methoxy groups -OCH3 is 1. The summed E-state index contributed by atoms with van der Waals surface area (Å²) < 4.78 is 5.33. The summed E-state index contributed by atoms with van der Waals surface area (Å²) in [5.74, 6) is 0.260. The molecular formula is C13H24N2O2. The molecule has 2 aliphatic rings. The molecule has 0 aliphatic heterocycles. The molecule has 0 radical (unpaired) electrons. The van der Waals surface area contributed by atoms with Crippen LogP contribution in [0.2, 0.25) is 0 Å². The molecule has 2 unspecified atom stereocenters. The Kier molecular flexibility index (Phi) is 4.40. The minimum atomic E-state index is 0.260. The Morgan fingerprint density at radius 2 is 2.12 bits per heavy atom. The molecule has 2 atom stereocenters. The molecule has 4 nitrogen and oxygen atoms in total. The van der Waals surface area contributed by atoms with Crippen molar-refractivity contribution in [2.75, 3.05) is 20.2 Å². The average molecular weight is 240 g/mol. The second-order valence-corrected chi connectivity index (χ2v) is 5.16. The zero-order chi connectivity index (χ0) is 12.3. The highest BCUT2D eigenvalue weighted by atomic mass is 16.5. The fraction of sp³-hybridized carbons (Fsp3) is 0.923. The zero-order valence-corrected chi connectivity index (χ0v) is 10.9. The van der Waals surface area contributed by atoms with E-state index < -0.39 is 0 Å². The number of carbonyl (C=O) groups excluding carboxylic acids is 1. The van der Waals surface area contributed by atoms with Gasteiger partial charge in [0.1, 0.15) is 0 Å². The van der Waals surface area contributed by atoms with Crippen LogP contribution in [0.5, 0.6) is 0 Å². The van der Waals surface area contributed by atoms with E-state index >= 15 is 0 Å². The first-order valence-corrected chi connectivity index (χ1v) is 6.80. The number of hydrogen-bond acceptors (Lipinski definition) is 3. The molecule has 1 N–H and O–H groups in total. The van der Waals surface area contributed by atoms with Gasteiger partial charge in [-0.2, -0.15) is 0 Å². The summed E-state index contributed by atoms with van der Waals surface area (Å²) in [7, 11) is 1.77. The Morgan fingerprint density at radius 3 is 2.65 bits per heavy atom. The van der Waals surface area contributed by atoms with E-state index in [-0.39, 0.29) is 5.91 Å². The van der Waals surface area contributed by atoms with E-state index in [0.717, 1.165) is 25.8 Å². The highest BCUT2D eigenvalue weighted by molar-refractivity contribution is 5.78. The fourth-order valence-corrected chi connectivity index (χ4v) is 2.70. The van der Waals surface area contributed by atoms with Gasteiger partial charge in [0.25, 0.3) is 0 Å². The summed E-state index contributed by atoms with van der Waals surface area (Å²) in [4.78, 5) is 14.0. The Balaban J connectivity index is 1.69. The van der Waals surface area contributed by atoms with E-state index in [9.17, 15) is 4.79 Å². The van der Waals surface area contributed by atoms with Crippen molar-refractivity contribution < 1.29 is 9.53 Å². The molecule has 0 aromatic carbocycles. The van der Waals surface area contributed by atoms with Crippen LogP contribution >= 0.6 is 0 Å². The lowest BCUT2D eigenvalue weighted by molar-refractivity contribution is -0.130. The van der Waals surface area contributed by atoms with Crippen LogP contribution < -0.4 is 5.32 Å². The molecule has 1 amide bonds. The smallest absolute Gasteiger partial charge is 0.236 e. The number of nitrogens with zero attached hydrogens (tertiary/aromatic N) is 1. The van der Waals surface area contributed by atoms with Crippen LogP contribution in [0, 0.1) is 0 Å². The van der Waals surface area contributed by atoms with Crippen LogP contribution in [0.25, 0.3) is 0 Å². The Labute approximate surface area is 104 Å². The van der Waals surface area contributed by atoms with Gasteiger partial charge in [-0.05, 0) is 39.0 Å². The van der Waals surface area contributed by atoms with Crippen molar-refractivity contribution in [2.24, 2.45) is 0 Å². The van der Waals surface area contributed by atoms with Gasteiger partial charge in [-0.1, -0.05) is 0 Å². The van der Waals surface area contributed by atoms with Crippen molar-refractivity contribution in [1.82, 2.24) is 10.2 Å². The van der Waals surface area contributed by atoms with Crippen LogP contribution in [0.4, 0.5) is 0 Å². The molecule has 2 aliphatic carbocycles. The number of carbonyl (C=O) groups is 1. The van der Waals surface area contributed by atoms with Gasteiger partial charge in [0.15, 0.2) is 0 Å². The molecule has 98 valence electrons. The summed E-state index contributed by atoms with van der Waals surface area (Å²) in [6, 6.07) is 0.992. The largest absolute Gasteiger partial charge is 0.381 e. The summed E-state index contributed by atoms with van der Waals surface area (Å²) in [6.45, 7) is 3.40. The molecule has 0 heterocycles. The average Bonchev–Trinajstić information content (AvgIpc) is 3.06. The summed E-state index contributed by atoms with van der Waals surface area (Å²) in [5, 5.41) is 3.37. The third-order valence-electron chi connectivity index (χ3n) is 3.91. The quantitative estimate of drug-likeness (QED) is 0.757. The molecule has 2 saturated carbocycles. The van der Waals surface area contributed by atoms with E-state index in [1.165, 1.54) is 12.8 Å². The van der Waals surface area contributed by atoms with Crippen LogP contribution in [-0.4, -0.2) is 49.2 Å². The lowest BCUT2D eigenvalue weighted by Gasteiger charge is -2.22. The molecule has 0 spiro atoms. The normalized spacial score (nSPS) is 28.4. The maximum atomic E-state index is 12.0. The molecule has 2 rings (SSSR count). The van der Waals surface area contributed by atoms with Gasteiger partial charge in [0.05, 0.1) is 12.6 Å². The van der Waals surface area contributed by atoms with Crippen molar-refractivity contribution in [3.05, 3.63) is 0 Å². The minimum absolute atomic E-state index is 0.260. The Hall–Kier alpha value is -0.610. The van der Waals surface area contributed by atoms with Crippen molar-refractivity contribution in [1.29, 1.82) is 0 Å². The van der Waals surface area contributed by atoms with Gasteiger partial charge in [0.2, 0.25) is 5.91 Å². The fourth-order valence-electron chi connectivity index (χ4n) is 2.70. The van der Waals surface area contributed by atoms with Crippen molar-refractivity contribution in [3.63, 3.8) is 0 Å². The Bertz CT molecular complexity index is 266. The van der Waals surface area contributed by atoms with Gasteiger partial charge in [0, 0.05) is 25.7 Å². The highest BCUT2D eigenvalue weighted by Crippen LogP contribution is 2.26. The molecule has 0 saturated heterocycles. The van der Waals surface area contributed by atoms with Gasteiger partial charge in [-0.25, -0.2) is 0 Å². The number of ether oxygens (including phenoxy) is 1. The third-order valence-corrected chi connectivity index (χ3v) is 3.91. The number of nitrogens with one attached hydrogen (secondary N) is 1. The summed E-state index contributed by atoms with van der Waals surface area (Å²) >= 11 is 0. The topological polar surface area (TPSA) is 41.6 Å². The minimum Gasteiger partial charge on any atom is -0.381 e. The van der Waals surface area contributed by atoms with Gasteiger partial charge >= 0.3 is 0 Å². The van der Waals surface area contributed by atoms with Crippen LogP contribution in [0.3, 0.4) is 0 Å². The van der Waals surface area contributed by atoms with E-state index in [2.05, 4.69) is 12.2 Å². The SMILES string of the molecule is CCN(C(=O)CNC1CCC(OC)C1)C1CC1. The predicted octanol–water partition coefficient (Wildman–Crippen LogP) is 1.15. The van der Waals surface area contributed by atoms with Crippen molar-refractivity contribution in [3.8, 4) is 0 Å². The van der Waals surface area contributed by atoms with Crippen LogP contribution in [-0.2, 0) is 9.53 Å². The van der Waals surface area contributed by atoms with Crippen LogP contribution in [0.15, 0.2) is 0 Å². The van der Waals surface area contributed by atoms with E-state index in [4.69, 9.17) is 4.74 Å². The summed E-state index contributed by atoms with van der Waals surface area (Å²) in [6.07, 6.45) is 6.04. The molecule has 0 bridgehead atoms. The number of amides is 1. The second kappa shape index (κ2) is 5.83. The van der Waals surface area contributed by atoms with E-state index in [1.54, 1.807) is 7.11 Å². The standard InChI is InChI=1S/C13H24N2O2/c1-3-15(11-5-6-11)13(16)9-14-10-4-7-12(8-10)17-2/h10-12,14H,3-9H2,1-2H3. The third kappa shape index (κ3) is 3.42. The predicted molar refractivity (Wildman–Crippen MR) is 66.8 cm³/mol. The molecule has 0 aromatic heterocycles.